The Morgan fingerprint density at radius 1 is 1.38 bits per heavy atom. The lowest BCUT2D eigenvalue weighted by Gasteiger charge is -2.14. The molecule has 1 atom stereocenters. The van der Waals surface area contributed by atoms with Gasteiger partial charge in [0.15, 0.2) is 0 Å². The van der Waals surface area contributed by atoms with Crippen molar-refractivity contribution in [2.45, 2.75) is 6.04 Å². The molecule has 16 heavy (non-hydrogen) atoms. The van der Waals surface area contributed by atoms with Crippen LogP contribution in [0.4, 0.5) is 0 Å². The van der Waals surface area contributed by atoms with Gasteiger partial charge in [-0.2, -0.15) is 5.26 Å². The summed E-state index contributed by atoms with van der Waals surface area (Å²) in [6.45, 7) is 1.73. The minimum atomic E-state index is -0.229. The average Bonchev–Trinajstić information content (AvgIpc) is 2.26. The number of hydrogen-bond acceptors (Lipinski definition) is 3. The molecule has 1 unspecified atom stereocenters. The Morgan fingerprint density at radius 2 is 2.00 bits per heavy atom. The average molecular weight is 282 g/mol. The second kappa shape index (κ2) is 6.64. The Bertz CT molecular complexity index is 354. The third kappa shape index (κ3) is 4.31. The minimum Gasteiger partial charge on any atom is -0.308 e. The Labute approximate surface area is 105 Å². The maximum atomic E-state index is 9.08. The van der Waals surface area contributed by atoms with Crippen LogP contribution in [0.5, 0.6) is 0 Å². The highest BCUT2D eigenvalue weighted by Gasteiger charge is 2.08. The van der Waals surface area contributed by atoms with Crippen LogP contribution in [0.3, 0.4) is 0 Å². The fourth-order valence-corrected chi connectivity index (χ4v) is 1.59. The number of nitriles is 1. The zero-order valence-corrected chi connectivity index (χ0v) is 11.2. The van der Waals surface area contributed by atoms with Gasteiger partial charge in [-0.1, -0.05) is 28.1 Å². The first-order chi connectivity index (χ1) is 7.63. The zero-order chi connectivity index (χ0) is 12.0. The highest BCUT2D eigenvalue weighted by molar-refractivity contribution is 9.10. The second-order valence-corrected chi connectivity index (χ2v) is 4.79. The molecule has 0 radical (unpaired) electrons. The maximum Gasteiger partial charge on any atom is 0.121 e. The number of hydrogen-bond donors (Lipinski definition) is 1. The summed E-state index contributed by atoms with van der Waals surface area (Å²) in [6, 6.07) is 9.86. The summed E-state index contributed by atoms with van der Waals surface area (Å²) in [6.07, 6.45) is 0. The first kappa shape index (κ1) is 13.2. The van der Waals surface area contributed by atoms with Crippen molar-refractivity contribution < 1.29 is 0 Å². The van der Waals surface area contributed by atoms with Crippen LogP contribution in [0.15, 0.2) is 28.7 Å². The molecule has 0 spiro atoms. The Morgan fingerprint density at radius 3 is 2.50 bits per heavy atom. The number of likely N-dealkylation sites (N-methyl/N-ethyl adjacent to an activating group) is 1. The van der Waals surface area contributed by atoms with Crippen molar-refractivity contribution in [2.75, 3.05) is 27.2 Å². The van der Waals surface area contributed by atoms with Gasteiger partial charge in [-0.25, -0.2) is 0 Å². The number of benzene rings is 1. The molecule has 1 N–H and O–H groups in total. The normalized spacial score (nSPS) is 12.4. The summed E-state index contributed by atoms with van der Waals surface area (Å²) >= 11 is 3.38. The lowest BCUT2D eigenvalue weighted by Crippen LogP contribution is -2.29. The summed E-state index contributed by atoms with van der Waals surface area (Å²) in [5.41, 5.74) is 1.00. The van der Waals surface area contributed by atoms with Gasteiger partial charge < -0.3 is 4.90 Å². The van der Waals surface area contributed by atoms with E-state index in [0.29, 0.717) is 0 Å². The van der Waals surface area contributed by atoms with Crippen LogP contribution in [-0.4, -0.2) is 32.1 Å². The summed E-state index contributed by atoms with van der Waals surface area (Å²) < 4.78 is 1.03. The van der Waals surface area contributed by atoms with Gasteiger partial charge in [-0.05, 0) is 31.8 Å². The quantitative estimate of drug-likeness (QED) is 0.899. The van der Waals surface area contributed by atoms with E-state index in [1.54, 1.807) is 0 Å². The second-order valence-electron chi connectivity index (χ2n) is 3.87. The summed E-state index contributed by atoms with van der Waals surface area (Å²) in [5, 5.41) is 12.3. The van der Waals surface area contributed by atoms with E-state index in [0.717, 1.165) is 23.1 Å². The standard InChI is InChI=1S/C12H16BrN3/c1-16(2)8-7-15-12(9-14)10-3-5-11(13)6-4-10/h3-6,12,15H,7-8H2,1-2H3. The smallest absolute Gasteiger partial charge is 0.121 e. The molecule has 0 aliphatic heterocycles. The number of rotatable bonds is 5. The van der Waals surface area contributed by atoms with Gasteiger partial charge in [-0.15, -0.1) is 0 Å². The molecule has 0 aromatic heterocycles. The van der Waals surface area contributed by atoms with Crippen LogP contribution in [0.2, 0.25) is 0 Å². The molecule has 0 heterocycles. The monoisotopic (exact) mass is 281 g/mol. The third-order valence-corrected chi connectivity index (χ3v) is 2.77. The van der Waals surface area contributed by atoms with Crippen molar-refractivity contribution in [1.82, 2.24) is 10.2 Å². The topological polar surface area (TPSA) is 39.1 Å². The van der Waals surface area contributed by atoms with Crippen molar-refractivity contribution in [3.8, 4) is 6.07 Å². The molecule has 86 valence electrons. The number of halogens is 1. The third-order valence-electron chi connectivity index (χ3n) is 2.24. The van der Waals surface area contributed by atoms with Gasteiger partial charge in [0.2, 0.25) is 0 Å². The fourth-order valence-electron chi connectivity index (χ4n) is 1.33. The van der Waals surface area contributed by atoms with Crippen LogP contribution in [0, 0.1) is 11.3 Å². The predicted molar refractivity (Wildman–Crippen MR) is 69.1 cm³/mol. The Hall–Kier alpha value is -0.890. The van der Waals surface area contributed by atoms with E-state index in [1.807, 2.05) is 38.4 Å². The van der Waals surface area contributed by atoms with Crippen LogP contribution in [-0.2, 0) is 0 Å². The molecule has 4 heteroatoms. The van der Waals surface area contributed by atoms with Crippen molar-refractivity contribution in [1.29, 1.82) is 5.26 Å². The number of nitrogens with zero attached hydrogens (tertiary/aromatic N) is 2. The summed E-state index contributed by atoms with van der Waals surface area (Å²) in [5.74, 6) is 0. The van der Waals surface area contributed by atoms with E-state index in [4.69, 9.17) is 5.26 Å². The highest BCUT2D eigenvalue weighted by Crippen LogP contribution is 2.16. The van der Waals surface area contributed by atoms with Crippen LogP contribution < -0.4 is 5.32 Å². The molecular formula is C12H16BrN3. The zero-order valence-electron chi connectivity index (χ0n) is 9.57. The lowest BCUT2D eigenvalue weighted by atomic mass is 10.1. The van der Waals surface area contributed by atoms with E-state index in [9.17, 15) is 0 Å². The van der Waals surface area contributed by atoms with Crippen molar-refractivity contribution in [3.05, 3.63) is 34.3 Å². The van der Waals surface area contributed by atoms with E-state index in [1.165, 1.54) is 0 Å². The van der Waals surface area contributed by atoms with Crippen LogP contribution in [0.25, 0.3) is 0 Å². The van der Waals surface area contributed by atoms with E-state index in [2.05, 4.69) is 32.2 Å². The maximum absolute atomic E-state index is 9.08. The Kier molecular flexibility index (Phi) is 5.47. The molecule has 0 saturated carbocycles. The van der Waals surface area contributed by atoms with Crippen LogP contribution >= 0.6 is 15.9 Å². The fraction of sp³-hybridized carbons (Fsp3) is 0.417. The molecule has 0 saturated heterocycles. The van der Waals surface area contributed by atoms with Crippen molar-refractivity contribution >= 4 is 15.9 Å². The molecular weight excluding hydrogens is 266 g/mol. The highest BCUT2D eigenvalue weighted by atomic mass is 79.9. The summed E-state index contributed by atoms with van der Waals surface area (Å²) in [4.78, 5) is 2.09. The molecule has 1 aromatic rings. The molecule has 0 bridgehead atoms. The van der Waals surface area contributed by atoms with E-state index >= 15 is 0 Å². The summed E-state index contributed by atoms with van der Waals surface area (Å²) in [7, 11) is 4.03. The molecule has 0 aliphatic rings. The molecule has 0 fully saturated rings. The van der Waals surface area contributed by atoms with Gasteiger partial charge >= 0.3 is 0 Å². The van der Waals surface area contributed by atoms with Gasteiger partial charge in [0, 0.05) is 17.6 Å². The van der Waals surface area contributed by atoms with Crippen molar-refractivity contribution in [2.24, 2.45) is 0 Å². The first-order valence-electron chi connectivity index (χ1n) is 5.16. The SMILES string of the molecule is CN(C)CCNC(C#N)c1ccc(Br)cc1. The molecule has 1 rings (SSSR count). The Balaban J connectivity index is 2.55. The van der Waals surface area contributed by atoms with Gasteiger partial charge in [0.05, 0.1) is 6.07 Å². The largest absolute Gasteiger partial charge is 0.308 e. The van der Waals surface area contributed by atoms with E-state index < -0.39 is 0 Å². The van der Waals surface area contributed by atoms with Crippen LogP contribution in [0.1, 0.15) is 11.6 Å². The predicted octanol–water partition coefficient (Wildman–Crippen LogP) is 2.16. The molecule has 0 amide bonds. The number of nitrogens with one attached hydrogen (secondary N) is 1. The molecule has 3 nitrogen and oxygen atoms in total. The molecule has 0 aliphatic carbocycles. The lowest BCUT2D eigenvalue weighted by molar-refractivity contribution is 0.395. The van der Waals surface area contributed by atoms with Gasteiger partial charge in [-0.3, -0.25) is 5.32 Å². The minimum absolute atomic E-state index is 0.229. The molecule has 1 aromatic carbocycles. The van der Waals surface area contributed by atoms with E-state index in [-0.39, 0.29) is 6.04 Å². The van der Waals surface area contributed by atoms with Gasteiger partial charge in [0.25, 0.3) is 0 Å². The van der Waals surface area contributed by atoms with Crippen molar-refractivity contribution in [3.63, 3.8) is 0 Å². The van der Waals surface area contributed by atoms with Gasteiger partial charge in [0.1, 0.15) is 6.04 Å². The first-order valence-corrected chi connectivity index (χ1v) is 5.96.